The molecule has 2 aromatic heterocycles. The topological polar surface area (TPSA) is 133 Å². The lowest BCUT2D eigenvalue weighted by molar-refractivity contribution is 0.0695. The molecule has 0 radical (unpaired) electrons. The number of hydrogen-bond donors (Lipinski definition) is 1. The molecule has 4 aromatic rings. The molecule has 3 fully saturated rings. The molecule has 1 aliphatic heterocycles. The van der Waals surface area contributed by atoms with Crippen LogP contribution >= 0.6 is 11.6 Å². The summed E-state index contributed by atoms with van der Waals surface area (Å²) < 4.78 is 18.4. The molecule has 8 rings (SSSR count). The number of aromatic nitrogens is 3. The molecule has 11 nitrogen and oxygen atoms in total. The van der Waals surface area contributed by atoms with Crippen LogP contribution in [0.1, 0.15) is 109 Å². The Labute approximate surface area is 326 Å². The minimum absolute atomic E-state index is 0.110. The van der Waals surface area contributed by atoms with Gasteiger partial charge in [0.15, 0.2) is 5.82 Å². The van der Waals surface area contributed by atoms with Crippen LogP contribution in [0.15, 0.2) is 60.8 Å². The Hall–Kier alpha value is -4.90. The second-order valence-electron chi connectivity index (χ2n) is 15.0. The van der Waals surface area contributed by atoms with E-state index in [0.717, 1.165) is 67.8 Å². The second kappa shape index (κ2) is 17.3. The fraction of sp³-hybridized carbons (Fsp3) is 0.465. The summed E-state index contributed by atoms with van der Waals surface area (Å²) in [6.07, 6.45) is 11.0. The lowest BCUT2D eigenvalue weighted by atomic mass is 9.86. The number of ether oxygens (including phenoxy) is 3. The van der Waals surface area contributed by atoms with Crippen LogP contribution in [0.4, 0.5) is 9.59 Å². The highest BCUT2D eigenvalue weighted by molar-refractivity contribution is 6.61. The fourth-order valence-electron chi connectivity index (χ4n) is 7.69. The van der Waals surface area contributed by atoms with Gasteiger partial charge in [0.05, 0.1) is 30.8 Å². The molecule has 2 saturated carbocycles. The summed E-state index contributed by atoms with van der Waals surface area (Å²) in [6, 6.07) is 18.7. The van der Waals surface area contributed by atoms with Gasteiger partial charge in [-0.15, -0.1) is 0 Å². The maximum absolute atomic E-state index is 12.5. The van der Waals surface area contributed by atoms with E-state index in [-0.39, 0.29) is 17.8 Å². The van der Waals surface area contributed by atoms with Crippen LogP contribution in [-0.4, -0.2) is 68.6 Å². The number of pyridine rings is 1. The van der Waals surface area contributed by atoms with Crippen LogP contribution in [-0.2, 0) is 28.7 Å². The average molecular weight is 769 g/mol. The Morgan fingerprint density at radius 3 is 2.27 bits per heavy atom. The van der Waals surface area contributed by atoms with E-state index < -0.39 is 11.4 Å². The lowest BCUT2D eigenvalue weighted by Gasteiger charge is -2.32. The summed E-state index contributed by atoms with van der Waals surface area (Å²) in [6.45, 7) is 6.65. The van der Waals surface area contributed by atoms with Crippen molar-refractivity contribution in [3.8, 4) is 22.8 Å². The minimum atomic E-state index is -0.990. The van der Waals surface area contributed by atoms with Gasteiger partial charge in [-0.2, -0.15) is 5.10 Å². The van der Waals surface area contributed by atoms with Gasteiger partial charge in [0, 0.05) is 35.8 Å². The SMILES string of the molecule is CCc1cc(OC2CCc3cccc(-c4cccc(-n5ncc(C(=O)O)c5CC)n4)c32)ccc1C1CCN(C(=O)OCC2CC2)CC1.O=C(Cl)OCC1CC1. The normalized spacial score (nSPS) is 17.9. The molecule has 3 heterocycles. The zero-order chi connectivity index (χ0) is 38.5. The third kappa shape index (κ3) is 9.32. The van der Waals surface area contributed by atoms with Crippen LogP contribution in [0, 0.1) is 11.8 Å². The van der Waals surface area contributed by atoms with Crippen molar-refractivity contribution >= 4 is 29.1 Å². The van der Waals surface area contributed by atoms with Gasteiger partial charge >= 0.3 is 17.5 Å². The van der Waals surface area contributed by atoms with Crippen molar-refractivity contribution in [2.45, 2.75) is 90.1 Å². The largest absolute Gasteiger partial charge is 0.486 e. The van der Waals surface area contributed by atoms with E-state index in [9.17, 15) is 19.5 Å². The van der Waals surface area contributed by atoms with Crippen molar-refractivity contribution < 1.29 is 33.7 Å². The third-order valence-electron chi connectivity index (χ3n) is 11.1. The smallest absolute Gasteiger partial charge is 0.409 e. The number of nitrogens with zero attached hydrogens (tertiary/aromatic N) is 4. The van der Waals surface area contributed by atoms with Gasteiger partial charge in [-0.1, -0.05) is 44.2 Å². The molecule has 1 unspecified atom stereocenters. The number of aromatic carboxylic acids is 1. The highest BCUT2D eigenvalue weighted by Gasteiger charge is 2.31. The number of carboxylic acid groups (broad SMARTS) is 1. The number of piperidine rings is 1. The first-order chi connectivity index (χ1) is 26.7. The molecule has 0 bridgehead atoms. The van der Waals surface area contributed by atoms with Crippen molar-refractivity contribution in [3.63, 3.8) is 0 Å². The Morgan fingerprint density at radius 2 is 1.60 bits per heavy atom. The number of fused-ring (bicyclic) bond motifs is 1. The first kappa shape index (κ1) is 38.4. The van der Waals surface area contributed by atoms with Crippen LogP contribution in [0.25, 0.3) is 17.1 Å². The second-order valence-corrected chi connectivity index (χ2v) is 15.3. The summed E-state index contributed by atoms with van der Waals surface area (Å²) in [7, 11) is 0. The number of carbonyl (C=O) groups is 3. The molecule has 1 atom stereocenters. The van der Waals surface area contributed by atoms with E-state index >= 15 is 0 Å². The van der Waals surface area contributed by atoms with E-state index in [4.69, 9.17) is 26.1 Å². The zero-order valence-corrected chi connectivity index (χ0v) is 32.3. The van der Waals surface area contributed by atoms with Crippen molar-refractivity contribution in [3.05, 3.63) is 94.3 Å². The van der Waals surface area contributed by atoms with Gasteiger partial charge in [0.1, 0.15) is 17.4 Å². The standard InChI is InChI=1S/C38H42N4O5.C5H7ClO2/c1-3-25-21-28(14-15-29(25)26-17-19-41(20-18-26)38(45)46-23-24-11-12-24)47-34-16-13-27-7-5-8-30(36(27)34)32-9-6-10-35(40-32)42-33(4-2)31(22-39-42)37(43)44;6-5(7)8-3-4-1-2-4/h5-10,14-15,21-22,24,26,34H,3-4,11-13,16-20,23H2,1-2H3,(H,43,44);4H,1-3H2. The number of likely N-dealkylation sites (tertiary alicyclic amines) is 1. The van der Waals surface area contributed by atoms with Crippen LogP contribution < -0.4 is 4.74 Å². The number of aryl methyl sites for hydroxylation is 2. The molecular formula is C43H49ClN4O7. The number of halogens is 1. The van der Waals surface area contributed by atoms with Crippen LogP contribution in [0.5, 0.6) is 5.75 Å². The summed E-state index contributed by atoms with van der Waals surface area (Å²) in [5.41, 5.74) is 7.02. The summed E-state index contributed by atoms with van der Waals surface area (Å²) in [5.74, 6) is 2.07. The van der Waals surface area contributed by atoms with Crippen molar-refractivity contribution in [1.29, 1.82) is 0 Å². The fourth-order valence-corrected chi connectivity index (χ4v) is 7.76. The monoisotopic (exact) mass is 768 g/mol. The van der Waals surface area contributed by atoms with Crippen molar-refractivity contribution in [1.82, 2.24) is 19.7 Å². The zero-order valence-electron chi connectivity index (χ0n) is 31.5. The van der Waals surface area contributed by atoms with E-state index in [1.54, 1.807) is 4.68 Å². The van der Waals surface area contributed by atoms with E-state index in [1.807, 2.05) is 30.0 Å². The van der Waals surface area contributed by atoms with E-state index in [2.05, 4.69) is 53.2 Å². The summed E-state index contributed by atoms with van der Waals surface area (Å²) >= 11 is 4.89. The molecule has 55 heavy (non-hydrogen) atoms. The van der Waals surface area contributed by atoms with E-state index in [1.165, 1.54) is 48.6 Å². The summed E-state index contributed by atoms with van der Waals surface area (Å²) in [5, 5.41) is 14.0. The van der Waals surface area contributed by atoms with Gasteiger partial charge in [-0.05, 0) is 123 Å². The van der Waals surface area contributed by atoms with Gasteiger partial charge < -0.3 is 24.2 Å². The molecule has 3 aliphatic carbocycles. The van der Waals surface area contributed by atoms with Crippen LogP contribution in [0.3, 0.4) is 0 Å². The maximum atomic E-state index is 12.5. The summed E-state index contributed by atoms with van der Waals surface area (Å²) in [4.78, 5) is 41.0. The Balaban J connectivity index is 0.000000518. The molecule has 290 valence electrons. The quantitative estimate of drug-likeness (QED) is 0.140. The highest BCUT2D eigenvalue weighted by Crippen LogP contribution is 2.42. The van der Waals surface area contributed by atoms with Gasteiger partial charge in [-0.25, -0.2) is 24.0 Å². The number of rotatable bonds is 12. The van der Waals surface area contributed by atoms with Gasteiger partial charge in [0.25, 0.3) is 0 Å². The molecular weight excluding hydrogens is 720 g/mol. The molecule has 1 N–H and O–H groups in total. The Bertz CT molecular complexity index is 2020. The maximum Gasteiger partial charge on any atom is 0.409 e. The molecule has 2 aromatic carbocycles. The first-order valence-electron chi connectivity index (χ1n) is 19.7. The number of hydrogen-bond acceptors (Lipinski definition) is 8. The molecule has 1 amide bonds. The predicted octanol–water partition coefficient (Wildman–Crippen LogP) is 9.32. The Morgan fingerprint density at radius 1 is 0.873 bits per heavy atom. The van der Waals surface area contributed by atoms with E-state index in [0.29, 0.717) is 48.9 Å². The highest BCUT2D eigenvalue weighted by atomic mass is 35.5. The molecule has 12 heteroatoms. The average Bonchev–Trinajstić information content (AvgIpc) is 4.14. The first-order valence-corrected chi connectivity index (χ1v) is 20.0. The molecule has 1 saturated heterocycles. The molecule has 4 aliphatic rings. The number of amides is 1. The molecule has 0 spiro atoms. The Kier molecular flexibility index (Phi) is 12.1. The number of carbonyl (C=O) groups excluding carboxylic acids is 2. The van der Waals surface area contributed by atoms with Gasteiger partial charge in [-0.3, -0.25) is 0 Å². The third-order valence-corrected chi connectivity index (χ3v) is 11.2. The van der Waals surface area contributed by atoms with Crippen molar-refractivity contribution in [2.75, 3.05) is 26.3 Å². The predicted molar refractivity (Wildman–Crippen MR) is 208 cm³/mol. The van der Waals surface area contributed by atoms with Crippen molar-refractivity contribution in [2.24, 2.45) is 11.8 Å². The van der Waals surface area contributed by atoms with Gasteiger partial charge in [0.2, 0.25) is 0 Å². The minimum Gasteiger partial charge on any atom is -0.486 e. The van der Waals surface area contributed by atoms with Crippen LogP contribution in [0.2, 0.25) is 0 Å². The number of carboxylic acids is 1. The lowest BCUT2D eigenvalue weighted by Crippen LogP contribution is -2.38. The number of benzene rings is 2.